The lowest BCUT2D eigenvalue weighted by molar-refractivity contribution is 0.0690. The number of halogens is 3. The first-order chi connectivity index (χ1) is 8.49. The van der Waals surface area contributed by atoms with E-state index in [1.807, 2.05) is 0 Å². The van der Waals surface area contributed by atoms with Crippen molar-refractivity contribution in [3.63, 3.8) is 0 Å². The molecular weight excluding hydrogens is 314 g/mol. The summed E-state index contributed by atoms with van der Waals surface area (Å²) in [5.74, 6) is -1.50. The van der Waals surface area contributed by atoms with Gasteiger partial charge in [0, 0.05) is 10.7 Å². The monoisotopic (exact) mass is 318 g/mol. The molecule has 1 N–H and O–H groups in total. The van der Waals surface area contributed by atoms with Crippen LogP contribution in [0.25, 0.3) is 5.82 Å². The molecule has 2 aromatic rings. The Hall–Kier alpha value is -1.90. The average Bonchev–Trinajstić information content (AvgIpc) is 2.78. The molecule has 0 aliphatic heterocycles. The average molecular weight is 319 g/mol. The van der Waals surface area contributed by atoms with E-state index in [9.17, 15) is 13.6 Å². The molecule has 94 valence electrons. The fraction of sp³-hybridized carbons (Fsp3) is 0.111. The lowest BCUT2D eigenvalue weighted by Gasteiger charge is -2.06. The number of hydrogen-bond donors (Lipinski definition) is 1. The first-order valence-corrected chi connectivity index (χ1v) is 5.38. The van der Waals surface area contributed by atoms with Crippen molar-refractivity contribution in [3.8, 4) is 5.82 Å². The third kappa shape index (κ3) is 2.35. The lowest BCUT2D eigenvalue weighted by atomic mass is 10.3. The highest BCUT2D eigenvalue weighted by Crippen LogP contribution is 2.26. The predicted molar refractivity (Wildman–Crippen MR) is 58.8 cm³/mol. The fourth-order valence-corrected chi connectivity index (χ4v) is 1.59. The summed E-state index contributed by atoms with van der Waals surface area (Å²) in [6.07, 6.45) is -0.518. The zero-order valence-electron chi connectivity index (χ0n) is 8.59. The number of aromatic nitrogens is 4. The van der Waals surface area contributed by atoms with Crippen LogP contribution in [0, 0.1) is 0 Å². The van der Waals surface area contributed by atoms with Crippen molar-refractivity contribution >= 4 is 21.9 Å². The lowest BCUT2D eigenvalue weighted by Crippen LogP contribution is -2.08. The quantitative estimate of drug-likeness (QED) is 0.936. The molecule has 0 spiro atoms. The second-order valence-corrected chi connectivity index (χ2v) is 4.11. The molecule has 0 saturated heterocycles. The number of carbonyl (C=O) groups is 1. The summed E-state index contributed by atoms with van der Waals surface area (Å²) in [5.41, 5.74) is -0.739. The Morgan fingerprint density at radius 2 is 2.17 bits per heavy atom. The standard InChI is InChI=1S/C9H5BrF2N4O2/c10-4-1-5(7(11)12)8(13-2-4)16-14-3-6(15-16)9(17)18/h1-3,7H,(H,17,18). The largest absolute Gasteiger partial charge is 0.476 e. The Morgan fingerprint density at radius 1 is 1.44 bits per heavy atom. The normalized spacial score (nSPS) is 10.9. The van der Waals surface area contributed by atoms with Crippen LogP contribution in [0.4, 0.5) is 8.78 Å². The van der Waals surface area contributed by atoms with Gasteiger partial charge in [0.2, 0.25) is 0 Å². The van der Waals surface area contributed by atoms with Crippen molar-refractivity contribution in [2.75, 3.05) is 0 Å². The van der Waals surface area contributed by atoms with Crippen molar-refractivity contribution in [2.24, 2.45) is 0 Å². The number of nitrogens with zero attached hydrogens (tertiary/aromatic N) is 4. The van der Waals surface area contributed by atoms with Crippen LogP contribution in [0.1, 0.15) is 22.5 Å². The molecule has 0 atom stereocenters. The Bertz CT molecular complexity index is 602. The van der Waals surface area contributed by atoms with Gasteiger partial charge in [0.25, 0.3) is 6.43 Å². The van der Waals surface area contributed by atoms with Crippen molar-refractivity contribution in [1.29, 1.82) is 0 Å². The van der Waals surface area contributed by atoms with Gasteiger partial charge in [-0.2, -0.15) is 5.10 Å². The first-order valence-electron chi connectivity index (χ1n) is 4.58. The van der Waals surface area contributed by atoms with Gasteiger partial charge in [-0.15, -0.1) is 9.90 Å². The number of aromatic carboxylic acids is 1. The predicted octanol–water partition coefficient (Wildman–Crippen LogP) is 2.06. The molecule has 0 aliphatic rings. The minimum absolute atomic E-state index is 0.208. The third-order valence-electron chi connectivity index (χ3n) is 2.00. The number of alkyl halides is 2. The van der Waals surface area contributed by atoms with E-state index in [0.717, 1.165) is 11.0 Å². The first kappa shape index (κ1) is 12.6. The number of carboxylic acid groups (broad SMARTS) is 1. The molecule has 0 radical (unpaired) electrons. The highest BCUT2D eigenvalue weighted by atomic mass is 79.9. The van der Waals surface area contributed by atoms with Crippen LogP contribution >= 0.6 is 15.9 Å². The summed E-state index contributed by atoms with van der Waals surface area (Å²) in [6, 6.07) is 1.18. The van der Waals surface area contributed by atoms with Crippen molar-refractivity contribution in [3.05, 3.63) is 34.2 Å². The van der Waals surface area contributed by atoms with Gasteiger partial charge in [0.1, 0.15) is 0 Å². The van der Waals surface area contributed by atoms with E-state index in [0.29, 0.717) is 4.47 Å². The maximum atomic E-state index is 12.8. The van der Waals surface area contributed by atoms with Crippen molar-refractivity contribution in [2.45, 2.75) is 6.43 Å². The van der Waals surface area contributed by atoms with Gasteiger partial charge < -0.3 is 5.11 Å². The van der Waals surface area contributed by atoms with Gasteiger partial charge in [-0.05, 0) is 22.0 Å². The van der Waals surface area contributed by atoms with E-state index in [1.54, 1.807) is 0 Å². The van der Waals surface area contributed by atoms with E-state index in [-0.39, 0.29) is 11.5 Å². The minimum atomic E-state index is -2.77. The van der Waals surface area contributed by atoms with E-state index in [4.69, 9.17) is 5.11 Å². The summed E-state index contributed by atoms with van der Waals surface area (Å²) in [6.45, 7) is 0. The van der Waals surface area contributed by atoms with Crippen LogP contribution in [-0.4, -0.2) is 31.1 Å². The summed E-state index contributed by atoms with van der Waals surface area (Å²) in [7, 11) is 0. The van der Waals surface area contributed by atoms with E-state index >= 15 is 0 Å². The minimum Gasteiger partial charge on any atom is -0.476 e. The highest BCUT2D eigenvalue weighted by Gasteiger charge is 2.19. The summed E-state index contributed by atoms with van der Waals surface area (Å²) < 4.78 is 26.0. The smallest absolute Gasteiger partial charge is 0.358 e. The molecule has 6 nitrogen and oxygen atoms in total. The number of hydrogen-bond acceptors (Lipinski definition) is 4. The molecular formula is C9H5BrF2N4O2. The van der Waals surface area contributed by atoms with Crippen LogP contribution in [-0.2, 0) is 0 Å². The third-order valence-corrected chi connectivity index (χ3v) is 2.43. The van der Waals surface area contributed by atoms with Gasteiger partial charge in [0.05, 0.1) is 11.8 Å². The SMILES string of the molecule is O=C(O)c1cnn(-c2ncc(Br)cc2C(F)F)n1. The number of carboxylic acids is 1. The van der Waals surface area contributed by atoms with E-state index in [1.165, 1.54) is 12.3 Å². The second kappa shape index (κ2) is 4.77. The van der Waals surface area contributed by atoms with Gasteiger partial charge in [-0.25, -0.2) is 18.6 Å². The molecule has 0 bridgehead atoms. The van der Waals surface area contributed by atoms with Crippen LogP contribution in [0.5, 0.6) is 0 Å². The van der Waals surface area contributed by atoms with Crippen molar-refractivity contribution < 1.29 is 18.7 Å². The number of pyridine rings is 1. The Balaban J connectivity index is 2.52. The molecule has 2 heterocycles. The molecule has 0 aromatic carbocycles. The van der Waals surface area contributed by atoms with Gasteiger partial charge >= 0.3 is 5.97 Å². The molecule has 0 saturated carbocycles. The van der Waals surface area contributed by atoms with Crippen LogP contribution in [0.15, 0.2) is 22.9 Å². The molecule has 0 amide bonds. The molecule has 0 fully saturated rings. The Labute approximate surface area is 107 Å². The molecule has 0 aliphatic carbocycles. The van der Waals surface area contributed by atoms with Gasteiger partial charge in [-0.1, -0.05) is 0 Å². The summed E-state index contributed by atoms with van der Waals surface area (Å²) >= 11 is 3.03. The molecule has 2 aromatic heterocycles. The summed E-state index contributed by atoms with van der Waals surface area (Å²) in [4.78, 5) is 15.1. The van der Waals surface area contributed by atoms with Crippen LogP contribution in [0.3, 0.4) is 0 Å². The Morgan fingerprint density at radius 3 is 2.72 bits per heavy atom. The Kier molecular flexibility index (Phi) is 3.32. The molecule has 0 unspecified atom stereocenters. The topological polar surface area (TPSA) is 80.9 Å². The molecule has 2 rings (SSSR count). The summed E-state index contributed by atoms with van der Waals surface area (Å²) in [5, 5.41) is 15.8. The van der Waals surface area contributed by atoms with Crippen LogP contribution < -0.4 is 0 Å². The highest BCUT2D eigenvalue weighted by molar-refractivity contribution is 9.10. The van der Waals surface area contributed by atoms with E-state index < -0.39 is 18.0 Å². The maximum absolute atomic E-state index is 12.8. The second-order valence-electron chi connectivity index (χ2n) is 3.19. The zero-order valence-corrected chi connectivity index (χ0v) is 10.2. The van der Waals surface area contributed by atoms with Crippen molar-refractivity contribution in [1.82, 2.24) is 20.0 Å². The number of rotatable bonds is 3. The fourth-order valence-electron chi connectivity index (χ4n) is 1.24. The molecule has 18 heavy (non-hydrogen) atoms. The van der Waals surface area contributed by atoms with Gasteiger partial charge in [0.15, 0.2) is 11.5 Å². The maximum Gasteiger partial charge on any atom is 0.358 e. The van der Waals surface area contributed by atoms with E-state index in [2.05, 4.69) is 31.1 Å². The van der Waals surface area contributed by atoms with Gasteiger partial charge in [-0.3, -0.25) is 0 Å². The zero-order chi connectivity index (χ0) is 13.3. The molecule has 9 heteroatoms. The van der Waals surface area contributed by atoms with Crippen LogP contribution in [0.2, 0.25) is 0 Å².